The molecular formula is C27H25ClN10O6. The van der Waals surface area contributed by atoms with E-state index in [1.807, 2.05) is 6.07 Å². The number of hydrogen-bond donors (Lipinski definition) is 4. The third kappa shape index (κ3) is 6.71. The van der Waals surface area contributed by atoms with Gasteiger partial charge in [0.05, 0.1) is 53.9 Å². The molecule has 1 saturated heterocycles. The van der Waals surface area contributed by atoms with E-state index >= 15 is 0 Å². The SMILES string of the molecule is COC(=O)N[C@H]1CCN(c2cc(C#N)cc(Nc3nc(NC4CC4)c4ncc(C#N)n4n3)c2Cl)C[C@@H]1OC(=O)C=CC(=O)O. The second kappa shape index (κ2) is 12.7. The van der Waals surface area contributed by atoms with Crippen molar-refractivity contribution in [3.8, 4) is 12.1 Å². The van der Waals surface area contributed by atoms with Crippen molar-refractivity contribution in [3.63, 3.8) is 0 Å². The monoisotopic (exact) mass is 620 g/mol. The van der Waals surface area contributed by atoms with E-state index in [4.69, 9.17) is 21.4 Å². The van der Waals surface area contributed by atoms with Gasteiger partial charge in [-0.3, -0.25) is 0 Å². The summed E-state index contributed by atoms with van der Waals surface area (Å²) in [6.45, 7) is 0.369. The minimum atomic E-state index is -1.33. The molecule has 1 aliphatic carbocycles. The number of nitrogens with zero attached hydrogens (tertiary/aromatic N) is 7. The van der Waals surface area contributed by atoms with Crippen molar-refractivity contribution in [3.05, 3.63) is 46.8 Å². The van der Waals surface area contributed by atoms with Crippen molar-refractivity contribution in [2.75, 3.05) is 35.7 Å². The number of aromatic nitrogens is 4. The normalized spacial score (nSPS) is 17.9. The molecule has 3 aromatic rings. The van der Waals surface area contributed by atoms with Gasteiger partial charge in [0.1, 0.15) is 12.2 Å². The molecule has 2 aliphatic rings. The fourth-order valence-electron chi connectivity index (χ4n) is 4.60. The van der Waals surface area contributed by atoms with Crippen LogP contribution in [0.3, 0.4) is 0 Å². The molecule has 1 saturated carbocycles. The van der Waals surface area contributed by atoms with Gasteiger partial charge >= 0.3 is 18.0 Å². The maximum atomic E-state index is 12.3. The number of rotatable bonds is 9. The number of alkyl carbamates (subject to hydrolysis) is 1. The van der Waals surface area contributed by atoms with Crippen LogP contribution in [0.4, 0.5) is 27.9 Å². The van der Waals surface area contributed by atoms with Gasteiger partial charge in [-0.2, -0.15) is 20.0 Å². The van der Waals surface area contributed by atoms with Crippen molar-refractivity contribution < 1.29 is 29.0 Å². The zero-order valence-corrected chi connectivity index (χ0v) is 23.9. The molecule has 1 aliphatic heterocycles. The van der Waals surface area contributed by atoms with E-state index in [1.54, 1.807) is 11.0 Å². The number of piperidine rings is 1. The number of ether oxygens (including phenoxy) is 2. The van der Waals surface area contributed by atoms with Crippen LogP contribution in [0.15, 0.2) is 30.5 Å². The van der Waals surface area contributed by atoms with Crippen LogP contribution in [0.2, 0.25) is 5.02 Å². The summed E-state index contributed by atoms with van der Waals surface area (Å²) in [4.78, 5) is 45.7. The van der Waals surface area contributed by atoms with E-state index < -0.39 is 30.2 Å². The van der Waals surface area contributed by atoms with Gasteiger partial charge in [-0.1, -0.05) is 11.6 Å². The third-order valence-corrected chi connectivity index (χ3v) is 7.24. The van der Waals surface area contributed by atoms with Crippen molar-refractivity contribution >= 4 is 58.4 Å². The van der Waals surface area contributed by atoms with Crippen LogP contribution in [-0.4, -0.2) is 81.1 Å². The lowest BCUT2D eigenvalue weighted by Crippen LogP contribution is -2.55. The number of methoxy groups -OCH3 is 1. The number of carboxylic acid groups (broad SMARTS) is 1. The number of esters is 1. The van der Waals surface area contributed by atoms with Crippen LogP contribution < -0.4 is 20.9 Å². The number of imidazole rings is 1. The molecule has 1 amide bonds. The number of amides is 1. The standard InChI is InChI=1S/C27H25ClN10O6/c1-43-27(42)34-17-6-7-37(13-20(17)44-22(41)5-4-21(39)40)19-9-14(10-29)8-18(23(19)28)33-26-35-24(32-15-2-3-15)25-31-12-16(11-30)38(25)36-26/h4-5,8-9,12,15,17,20H,2-3,6-7,13H2,1H3,(H,34,42)(H,39,40)(H2,32,33,35,36)/t17-,20-/m0/s1. The van der Waals surface area contributed by atoms with Crippen LogP contribution in [0.1, 0.15) is 30.5 Å². The Morgan fingerprint density at radius 2 is 1.98 bits per heavy atom. The highest BCUT2D eigenvalue weighted by Gasteiger charge is 2.34. The van der Waals surface area contributed by atoms with E-state index in [0.29, 0.717) is 41.9 Å². The molecule has 5 rings (SSSR count). The minimum Gasteiger partial charge on any atom is -0.478 e. The predicted molar refractivity (Wildman–Crippen MR) is 154 cm³/mol. The first-order chi connectivity index (χ1) is 21.2. The second-order valence-electron chi connectivity index (χ2n) is 9.91. The number of carboxylic acids is 1. The average Bonchev–Trinajstić information content (AvgIpc) is 3.73. The van der Waals surface area contributed by atoms with E-state index in [-0.39, 0.29) is 34.8 Å². The van der Waals surface area contributed by atoms with Crippen molar-refractivity contribution in [2.24, 2.45) is 0 Å². The molecule has 4 N–H and O–H groups in total. The Morgan fingerprint density at radius 3 is 2.66 bits per heavy atom. The van der Waals surface area contributed by atoms with Gasteiger partial charge in [0.15, 0.2) is 17.2 Å². The Balaban J connectivity index is 1.45. The van der Waals surface area contributed by atoms with Gasteiger partial charge < -0.3 is 35.4 Å². The van der Waals surface area contributed by atoms with Gasteiger partial charge in [0, 0.05) is 24.7 Å². The Morgan fingerprint density at radius 1 is 1.18 bits per heavy atom. The molecule has 0 bridgehead atoms. The molecular weight excluding hydrogens is 596 g/mol. The van der Waals surface area contributed by atoms with Crippen molar-refractivity contribution in [2.45, 2.75) is 37.5 Å². The average molecular weight is 621 g/mol. The van der Waals surface area contributed by atoms with E-state index in [9.17, 15) is 24.9 Å². The molecule has 2 aromatic heterocycles. The lowest BCUT2D eigenvalue weighted by molar-refractivity contribution is -0.145. The molecule has 0 radical (unpaired) electrons. The number of anilines is 4. The van der Waals surface area contributed by atoms with Crippen LogP contribution in [0.25, 0.3) is 5.65 Å². The summed E-state index contributed by atoms with van der Waals surface area (Å²) in [7, 11) is 1.20. The highest BCUT2D eigenvalue weighted by molar-refractivity contribution is 6.36. The highest BCUT2D eigenvalue weighted by atomic mass is 35.5. The number of hydrogen-bond acceptors (Lipinski definition) is 13. The molecule has 0 spiro atoms. The van der Waals surface area contributed by atoms with Crippen LogP contribution in [0.5, 0.6) is 0 Å². The third-order valence-electron chi connectivity index (χ3n) is 6.84. The summed E-state index contributed by atoms with van der Waals surface area (Å²) in [5.41, 5.74) is 1.55. The summed E-state index contributed by atoms with van der Waals surface area (Å²) < 4.78 is 11.5. The molecule has 16 nitrogen and oxygen atoms in total. The molecule has 17 heteroatoms. The number of carbonyl (C=O) groups excluding carboxylic acids is 2. The number of nitrogens with one attached hydrogen (secondary N) is 3. The van der Waals surface area contributed by atoms with Crippen LogP contribution in [0, 0.1) is 22.7 Å². The fraction of sp³-hybridized carbons (Fsp3) is 0.333. The van der Waals surface area contributed by atoms with Gasteiger partial charge in [-0.05, 0) is 31.4 Å². The van der Waals surface area contributed by atoms with E-state index in [2.05, 4.69) is 41.8 Å². The van der Waals surface area contributed by atoms with Crippen LogP contribution >= 0.6 is 11.6 Å². The molecule has 2 fully saturated rings. The van der Waals surface area contributed by atoms with Gasteiger partial charge in [0.2, 0.25) is 5.95 Å². The van der Waals surface area contributed by atoms with E-state index in [0.717, 1.165) is 18.9 Å². The van der Waals surface area contributed by atoms with Gasteiger partial charge in [-0.25, -0.2) is 19.4 Å². The smallest absolute Gasteiger partial charge is 0.407 e. The summed E-state index contributed by atoms with van der Waals surface area (Å²) in [6, 6.07) is 6.82. The molecule has 3 heterocycles. The van der Waals surface area contributed by atoms with Crippen molar-refractivity contribution in [1.82, 2.24) is 24.9 Å². The Bertz CT molecular complexity index is 1740. The minimum absolute atomic E-state index is 0.0356. The Kier molecular flexibility index (Phi) is 8.63. The first-order valence-electron chi connectivity index (χ1n) is 13.3. The second-order valence-corrected chi connectivity index (χ2v) is 10.3. The zero-order valence-electron chi connectivity index (χ0n) is 23.2. The molecule has 44 heavy (non-hydrogen) atoms. The van der Waals surface area contributed by atoms with E-state index in [1.165, 1.54) is 23.9 Å². The zero-order chi connectivity index (χ0) is 31.4. The Labute approximate surface area is 254 Å². The molecule has 226 valence electrons. The first-order valence-corrected chi connectivity index (χ1v) is 13.7. The fourth-order valence-corrected chi connectivity index (χ4v) is 4.88. The number of benzene rings is 1. The summed E-state index contributed by atoms with van der Waals surface area (Å²) in [5.74, 6) is -1.72. The summed E-state index contributed by atoms with van der Waals surface area (Å²) in [5, 5.41) is 41.7. The topological polar surface area (TPSA) is 220 Å². The predicted octanol–water partition coefficient (Wildman–Crippen LogP) is 2.33. The Hall–Kier alpha value is -5.61. The largest absolute Gasteiger partial charge is 0.478 e. The number of nitriles is 2. The molecule has 0 unspecified atom stereocenters. The van der Waals surface area contributed by atoms with Crippen molar-refractivity contribution in [1.29, 1.82) is 10.5 Å². The quantitative estimate of drug-likeness (QED) is 0.199. The lowest BCUT2D eigenvalue weighted by Gasteiger charge is -2.39. The summed E-state index contributed by atoms with van der Waals surface area (Å²) >= 11 is 6.86. The summed E-state index contributed by atoms with van der Waals surface area (Å²) in [6.07, 6.45) is 3.38. The number of aliphatic carboxylic acids is 1. The maximum absolute atomic E-state index is 12.3. The maximum Gasteiger partial charge on any atom is 0.407 e. The number of carbonyl (C=O) groups is 3. The molecule has 2 atom stereocenters. The lowest BCUT2D eigenvalue weighted by atomic mass is 10.0. The first kappa shape index (κ1) is 29.9. The molecule has 1 aromatic carbocycles. The van der Waals surface area contributed by atoms with Gasteiger partial charge in [0.25, 0.3) is 0 Å². The number of fused-ring (bicyclic) bond motifs is 1. The van der Waals surface area contributed by atoms with Crippen LogP contribution in [-0.2, 0) is 19.1 Å². The van der Waals surface area contributed by atoms with Gasteiger partial charge in [-0.15, -0.1) is 5.10 Å². The highest BCUT2D eigenvalue weighted by Crippen LogP contribution is 2.37. The number of halogens is 1.